The lowest BCUT2D eigenvalue weighted by molar-refractivity contribution is -0.126. The minimum Gasteiger partial charge on any atom is -0.356 e. The second kappa shape index (κ2) is 7.77. The first-order valence-corrected chi connectivity index (χ1v) is 9.18. The quantitative estimate of drug-likeness (QED) is 0.861. The van der Waals surface area contributed by atoms with E-state index < -0.39 is 0 Å². The second-order valence-corrected chi connectivity index (χ2v) is 7.00. The molecular weight excluding hydrogens is 302 g/mol. The van der Waals surface area contributed by atoms with Crippen LogP contribution in [0.2, 0.25) is 0 Å². The predicted octanol–water partition coefficient (Wildman–Crippen LogP) is 2.69. The van der Waals surface area contributed by atoms with E-state index in [1.807, 2.05) is 24.0 Å². The van der Waals surface area contributed by atoms with Gasteiger partial charge in [0.2, 0.25) is 5.91 Å². The molecular formula is C19H27N3O2. The number of carbonyl (C=O) groups excluding carboxylic acids is 2. The first kappa shape index (κ1) is 16.9. The summed E-state index contributed by atoms with van der Waals surface area (Å²) < 4.78 is 0. The van der Waals surface area contributed by atoms with Gasteiger partial charge in [-0.25, -0.2) is 0 Å². The summed E-state index contributed by atoms with van der Waals surface area (Å²) in [5.74, 6) is 0.0798. The highest BCUT2D eigenvalue weighted by atomic mass is 16.2. The molecule has 24 heavy (non-hydrogen) atoms. The Morgan fingerprint density at radius 2 is 2.00 bits per heavy atom. The minimum atomic E-state index is -0.0644. The maximum atomic E-state index is 13.1. The van der Waals surface area contributed by atoms with Crippen LogP contribution in [0.1, 0.15) is 61.0 Å². The molecule has 1 saturated heterocycles. The van der Waals surface area contributed by atoms with Gasteiger partial charge in [-0.1, -0.05) is 19.3 Å². The molecule has 0 spiro atoms. The lowest BCUT2D eigenvalue weighted by atomic mass is 9.99. The molecule has 130 valence electrons. The SMILES string of the molecule is Cc1ccc(C(=O)N2CCCCCCNC(=O)[C@@H]3CCC[C@@H]32)cn1. The molecule has 5 nitrogen and oxygen atoms in total. The summed E-state index contributed by atoms with van der Waals surface area (Å²) in [5.41, 5.74) is 1.53. The third-order valence-corrected chi connectivity index (χ3v) is 5.26. The topological polar surface area (TPSA) is 62.3 Å². The van der Waals surface area contributed by atoms with Gasteiger partial charge in [-0.3, -0.25) is 14.6 Å². The molecule has 5 heteroatoms. The van der Waals surface area contributed by atoms with Gasteiger partial charge in [0.1, 0.15) is 0 Å². The van der Waals surface area contributed by atoms with Gasteiger partial charge in [-0.2, -0.15) is 0 Å². The Balaban J connectivity index is 1.84. The van der Waals surface area contributed by atoms with E-state index in [4.69, 9.17) is 0 Å². The standard InChI is InChI=1S/C19H27N3O2/c1-14-9-10-15(13-21-14)19(24)22-12-5-3-2-4-11-20-18(23)16-7-6-8-17(16)22/h9-10,13,16-17H,2-8,11-12H2,1H3,(H,20,23)/t16-,17+/m1/s1. The van der Waals surface area contributed by atoms with Crippen molar-refractivity contribution in [2.24, 2.45) is 5.92 Å². The van der Waals surface area contributed by atoms with Crippen molar-refractivity contribution in [3.63, 3.8) is 0 Å². The molecule has 2 heterocycles. The van der Waals surface area contributed by atoms with E-state index in [2.05, 4.69) is 10.3 Å². The Morgan fingerprint density at radius 3 is 2.79 bits per heavy atom. The number of amides is 2. The largest absolute Gasteiger partial charge is 0.356 e. The average Bonchev–Trinajstić information content (AvgIpc) is 3.05. The van der Waals surface area contributed by atoms with Crippen molar-refractivity contribution in [3.05, 3.63) is 29.6 Å². The Morgan fingerprint density at radius 1 is 1.17 bits per heavy atom. The third kappa shape index (κ3) is 3.77. The van der Waals surface area contributed by atoms with Crippen LogP contribution in [0.4, 0.5) is 0 Å². The highest BCUT2D eigenvalue weighted by molar-refractivity contribution is 5.94. The molecule has 2 aliphatic rings. The molecule has 1 aromatic heterocycles. The Labute approximate surface area is 143 Å². The summed E-state index contributed by atoms with van der Waals surface area (Å²) >= 11 is 0. The molecule has 3 rings (SSSR count). The van der Waals surface area contributed by atoms with E-state index in [1.165, 1.54) is 0 Å². The summed E-state index contributed by atoms with van der Waals surface area (Å²) in [6.07, 6.45) is 8.70. The van der Waals surface area contributed by atoms with E-state index in [0.717, 1.165) is 63.7 Å². The molecule has 2 atom stereocenters. The van der Waals surface area contributed by atoms with Crippen LogP contribution >= 0.6 is 0 Å². The van der Waals surface area contributed by atoms with Gasteiger partial charge in [-0.15, -0.1) is 0 Å². The zero-order valence-corrected chi connectivity index (χ0v) is 14.5. The van der Waals surface area contributed by atoms with Crippen molar-refractivity contribution in [2.75, 3.05) is 13.1 Å². The van der Waals surface area contributed by atoms with Gasteiger partial charge < -0.3 is 10.2 Å². The molecule has 1 aliphatic heterocycles. The zero-order valence-electron chi connectivity index (χ0n) is 14.5. The molecule has 2 amide bonds. The van der Waals surface area contributed by atoms with Crippen LogP contribution in [0.15, 0.2) is 18.3 Å². The van der Waals surface area contributed by atoms with Crippen molar-refractivity contribution < 1.29 is 9.59 Å². The van der Waals surface area contributed by atoms with Crippen LogP contribution in [0, 0.1) is 12.8 Å². The smallest absolute Gasteiger partial charge is 0.255 e. The first-order chi connectivity index (χ1) is 11.7. The average molecular weight is 329 g/mol. The number of pyridine rings is 1. The van der Waals surface area contributed by atoms with E-state index in [1.54, 1.807) is 6.20 Å². The van der Waals surface area contributed by atoms with E-state index in [9.17, 15) is 9.59 Å². The van der Waals surface area contributed by atoms with E-state index >= 15 is 0 Å². The van der Waals surface area contributed by atoms with Gasteiger partial charge in [0.05, 0.1) is 11.5 Å². The molecule has 2 fully saturated rings. The Kier molecular flexibility index (Phi) is 5.48. The van der Waals surface area contributed by atoms with E-state index in [0.29, 0.717) is 5.56 Å². The molecule has 1 aromatic rings. The maximum Gasteiger partial charge on any atom is 0.255 e. The van der Waals surface area contributed by atoms with Crippen molar-refractivity contribution in [1.29, 1.82) is 0 Å². The summed E-state index contributed by atoms with van der Waals surface area (Å²) in [4.78, 5) is 31.8. The number of aryl methyl sites for hydroxylation is 1. The van der Waals surface area contributed by atoms with Crippen LogP contribution in [0.5, 0.6) is 0 Å². The molecule has 0 aromatic carbocycles. The number of nitrogens with zero attached hydrogens (tertiary/aromatic N) is 2. The molecule has 1 saturated carbocycles. The van der Waals surface area contributed by atoms with Crippen molar-refractivity contribution in [1.82, 2.24) is 15.2 Å². The number of nitrogens with one attached hydrogen (secondary N) is 1. The van der Waals surface area contributed by atoms with E-state index in [-0.39, 0.29) is 23.8 Å². The second-order valence-electron chi connectivity index (χ2n) is 7.00. The number of aromatic nitrogens is 1. The highest BCUT2D eigenvalue weighted by Gasteiger charge is 2.39. The summed E-state index contributed by atoms with van der Waals surface area (Å²) in [7, 11) is 0. The molecule has 1 aliphatic carbocycles. The number of carbonyl (C=O) groups is 2. The Hall–Kier alpha value is -1.91. The molecule has 1 N–H and O–H groups in total. The number of rotatable bonds is 1. The normalized spacial score (nSPS) is 25.5. The number of hydrogen-bond donors (Lipinski definition) is 1. The summed E-state index contributed by atoms with van der Waals surface area (Å²) in [6, 6.07) is 3.75. The van der Waals surface area contributed by atoms with Crippen LogP contribution in [-0.4, -0.2) is 40.8 Å². The maximum absolute atomic E-state index is 13.1. The third-order valence-electron chi connectivity index (χ3n) is 5.26. The van der Waals surface area contributed by atoms with Gasteiger partial charge in [0, 0.05) is 31.0 Å². The highest BCUT2D eigenvalue weighted by Crippen LogP contribution is 2.32. The van der Waals surface area contributed by atoms with Crippen molar-refractivity contribution in [2.45, 2.75) is 57.9 Å². The Bertz CT molecular complexity index is 585. The number of hydrogen-bond acceptors (Lipinski definition) is 3. The summed E-state index contributed by atoms with van der Waals surface area (Å²) in [6.45, 7) is 3.41. The van der Waals surface area contributed by atoms with Gasteiger partial charge in [-0.05, 0) is 44.7 Å². The lowest BCUT2D eigenvalue weighted by Gasteiger charge is -2.32. The molecule has 0 unspecified atom stereocenters. The van der Waals surface area contributed by atoms with Gasteiger partial charge in [0.15, 0.2) is 0 Å². The van der Waals surface area contributed by atoms with Crippen LogP contribution in [0.3, 0.4) is 0 Å². The van der Waals surface area contributed by atoms with Crippen LogP contribution < -0.4 is 5.32 Å². The lowest BCUT2D eigenvalue weighted by Crippen LogP contribution is -2.47. The predicted molar refractivity (Wildman–Crippen MR) is 92.6 cm³/mol. The van der Waals surface area contributed by atoms with Crippen molar-refractivity contribution >= 4 is 11.8 Å². The van der Waals surface area contributed by atoms with Crippen LogP contribution in [0.25, 0.3) is 0 Å². The fourth-order valence-electron chi connectivity index (χ4n) is 3.90. The minimum absolute atomic E-state index is 0.0199. The molecule has 0 bridgehead atoms. The fraction of sp³-hybridized carbons (Fsp3) is 0.632. The summed E-state index contributed by atoms with van der Waals surface area (Å²) in [5, 5.41) is 3.07. The number of fused-ring (bicyclic) bond motifs is 1. The monoisotopic (exact) mass is 329 g/mol. The zero-order chi connectivity index (χ0) is 16.9. The van der Waals surface area contributed by atoms with Gasteiger partial charge in [0.25, 0.3) is 5.91 Å². The first-order valence-electron chi connectivity index (χ1n) is 9.18. The fourth-order valence-corrected chi connectivity index (χ4v) is 3.90. The van der Waals surface area contributed by atoms with Gasteiger partial charge >= 0.3 is 0 Å². The molecule has 0 radical (unpaired) electrons. The van der Waals surface area contributed by atoms with Crippen LogP contribution in [-0.2, 0) is 4.79 Å². The van der Waals surface area contributed by atoms with Crippen molar-refractivity contribution in [3.8, 4) is 0 Å².